The van der Waals surface area contributed by atoms with Crippen molar-refractivity contribution in [2.45, 2.75) is 45.6 Å². The van der Waals surface area contributed by atoms with Gasteiger partial charge in [0.2, 0.25) is 11.8 Å². The van der Waals surface area contributed by atoms with Crippen molar-refractivity contribution in [3.05, 3.63) is 35.3 Å². The minimum Gasteiger partial charge on any atom is -0.466 e. The highest BCUT2D eigenvalue weighted by molar-refractivity contribution is 5.86. The molecule has 3 heterocycles. The lowest BCUT2D eigenvalue weighted by Gasteiger charge is -2.21. The molecule has 0 aromatic carbocycles. The molecule has 142 valence electrons. The van der Waals surface area contributed by atoms with Crippen LogP contribution >= 0.6 is 0 Å². The summed E-state index contributed by atoms with van der Waals surface area (Å²) in [5, 5.41) is 3.15. The van der Waals surface area contributed by atoms with Gasteiger partial charge in [0, 0.05) is 32.6 Å². The van der Waals surface area contributed by atoms with Crippen LogP contribution in [-0.4, -0.2) is 60.4 Å². The van der Waals surface area contributed by atoms with E-state index in [0.717, 1.165) is 37.6 Å². The van der Waals surface area contributed by atoms with E-state index >= 15 is 0 Å². The summed E-state index contributed by atoms with van der Waals surface area (Å²) in [4.78, 5) is 28.3. The van der Waals surface area contributed by atoms with E-state index < -0.39 is 0 Å². The van der Waals surface area contributed by atoms with Gasteiger partial charge in [-0.3, -0.25) is 14.5 Å². The second-order valence-electron chi connectivity index (χ2n) is 7.48. The number of nitrogens with one attached hydrogen (secondary N) is 1. The molecule has 26 heavy (non-hydrogen) atoms. The zero-order valence-corrected chi connectivity index (χ0v) is 16.0. The molecule has 6 nitrogen and oxygen atoms in total. The Morgan fingerprint density at radius 2 is 2.15 bits per heavy atom. The summed E-state index contributed by atoms with van der Waals surface area (Å²) >= 11 is 0. The van der Waals surface area contributed by atoms with Gasteiger partial charge in [0.15, 0.2) is 0 Å². The summed E-state index contributed by atoms with van der Waals surface area (Å²) < 4.78 is 5.85. The van der Waals surface area contributed by atoms with Crippen molar-refractivity contribution in [3.63, 3.8) is 0 Å². The molecule has 2 amide bonds. The van der Waals surface area contributed by atoms with Gasteiger partial charge in [-0.15, -0.1) is 0 Å². The smallest absolute Gasteiger partial charge is 0.239 e. The Hall–Kier alpha value is -2.08. The van der Waals surface area contributed by atoms with Crippen LogP contribution in [0.2, 0.25) is 0 Å². The molecule has 6 heteroatoms. The van der Waals surface area contributed by atoms with Crippen molar-refractivity contribution in [1.29, 1.82) is 0 Å². The maximum absolute atomic E-state index is 12.5. The first-order valence-electron chi connectivity index (χ1n) is 9.44. The molecule has 3 rings (SSSR count). The van der Waals surface area contributed by atoms with Crippen LogP contribution in [0.4, 0.5) is 0 Å². The van der Waals surface area contributed by atoms with Gasteiger partial charge in [0.1, 0.15) is 11.5 Å². The van der Waals surface area contributed by atoms with Crippen LogP contribution in [0.15, 0.2) is 28.2 Å². The Kier molecular flexibility index (Phi) is 5.81. The Morgan fingerprint density at radius 3 is 2.77 bits per heavy atom. The SMILES string of the molecule is C/C=C(\C)CN1C[C@@H](NC(=O)CN2CCCC2=O)[C@H](c2ccc(C)o2)C1. The topological polar surface area (TPSA) is 65.8 Å². The second-order valence-corrected chi connectivity index (χ2v) is 7.48. The molecule has 2 saturated heterocycles. The summed E-state index contributed by atoms with van der Waals surface area (Å²) in [6.45, 7) is 9.48. The van der Waals surface area contributed by atoms with Gasteiger partial charge in [-0.2, -0.15) is 0 Å². The van der Waals surface area contributed by atoms with Crippen LogP contribution in [-0.2, 0) is 9.59 Å². The van der Waals surface area contributed by atoms with Gasteiger partial charge in [-0.25, -0.2) is 0 Å². The highest BCUT2D eigenvalue weighted by Gasteiger charge is 2.37. The predicted octanol–water partition coefficient (Wildman–Crippen LogP) is 2.06. The number of hydrogen-bond acceptors (Lipinski definition) is 4. The van der Waals surface area contributed by atoms with Crippen LogP contribution in [0.1, 0.15) is 44.1 Å². The van der Waals surface area contributed by atoms with E-state index in [1.54, 1.807) is 4.90 Å². The maximum Gasteiger partial charge on any atom is 0.239 e. The Labute approximate surface area is 155 Å². The number of hydrogen-bond donors (Lipinski definition) is 1. The number of aryl methyl sites for hydroxylation is 1. The number of furan rings is 1. The summed E-state index contributed by atoms with van der Waals surface area (Å²) in [6, 6.07) is 3.97. The van der Waals surface area contributed by atoms with Crippen molar-refractivity contribution in [2.75, 3.05) is 32.7 Å². The largest absolute Gasteiger partial charge is 0.466 e. The number of carbonyl (C=O) groups is 2. The standard InChI is InChI=1S/C20H29N3O3/c1-4-14(2)10-22-11-16(18-8-7-15(3)26-18)17(12-22)21-19(24)13-23-9-5-6-20(23)25/h4,7-8,16-17H,5-6,9-13H2,1-3H3,(H,21,24)/b14-4+/t16-,17-/m1/s1. The average molecular weight is 359 g/mol. The number of amides is 2. The molecule has 1 aromatic rings. The molecule has 2 aliphatic heterocycles. The zero-order valence-electron chi connectivity index (χ0n) is 16.0. The molecule has 2 atom stereocenters. The van der Waals surface area contributed by atoms with Gasteiger partial charge in [-0.05, 0) is 39.3 Å². The first-order chi connectivity index (χ1) is 12.5. The predicted molar refractivity (Wildman–Crippen MR) is 99.8 cm³/mol. The minimum absolute atomic E-state index is 0.00425. The van der Waals surface area contributed by atoms with E-state index in [0.29, 0.717) is 13.0 Å². The van der Waals surface area contributed by atoms with Crippen molar-refractivity contribution in [2.24, 2.45) is 0 Å². The monoisotopic (exact) mass is 359 g/mol. The first-order valence-corrected chi connectivity index (χ1v) is 9.44. The Morgan fingerprint density at radius 1 is 1.35 bits per heavy atom. The third-order valence-corrected chi connectivity index (χ3v) is 5.34. The van der Waals surface area contributed by atoms with E-state index in [4.69, 9.17) is 4.42 Å². The average Bonchev–Trinajstić information content (AvgIpc) is 3.29. The maximum atomic E-state index is 12.5. The van der Waals surface area contributed by atoms with Gasteiger partial charge >= 0.3 is 0 Å². The first kappa shape index (κ1) is 18.7. The van der Waals surface area contributed by atoms with Gasteiger partial charge in [-0.1, -0.05) is 11.6 Å². The zero-order chi connectivity index (χ0) is 18.7. The second kappa shape index (κ2) is 8.08. The molecule has 0 bridgehead atoms. The van der Waals surface area contributed by atoms with Crippen LogP contribution in [0.3, 0.4) is 0 Å². The minimum atomic E-state index is -0.0804. The van der Waals surface area contributed by atoms with E-state index in [-0.39, 0.29) is 30.3 Å². The molecule has 0 unspecified atom stereocenters. The molecule has 1 aromatic heterocycles. The number of carbonyl (C=O) groups excluding carboxylic acids is 2. The number of allylic oxidation sites excluding steroid dienone is 1. The summed E-state index contributed by atoms with van der Waals surface area (Å²) in [7, 11) is 0. The lowest BCUT2D eigenvalue weighted by Crippen LogP contribution is -2.45. The van der Waals surface area contributed by atoms with Crippen molar-refractivity contribution >= 4 is 11.8 Å². The summed E-state index contributed by atoms with van der Waals surface area (Å²) in [5.74, 6) is 1.94. The molecular formula is C20H29N3O3. The molecule has 2 fully saturated rings. The highest BCUT2D eigenvalue weighted by atomic mass is 16.3. The summed E-state index contributed by atoms with van der Waals surface area (Å²) in [5.41, 5.74) is 1.31. The molecule has 1 N–H and O–H groups in total. The van der Waals surface area contributed by atoms with Gasteiger partial charge in [0.25, 0.3) is 0 Å². The number of likely N-dealkylation sites (tertiary alicyclic amines) is 2. The van der Waals surface area contributed by atoms with Crippen LogP contribution < -0.4 is 5.32 Å². The third-order valence-electron chi connectivity index (χ3n) is 5.34. The number of nitrogens with zero attached hydrogens (tertiary/aromatic N) is 2. The molecule has 0 spiro atoms. The molecule has 0 aliphatic carbocycles. The Balaban J connectivity index is 1.67. The fourth-order valence-corrected chi connectivity index (χ4v) is 3.84. The van der Waals surface area contributed by atoms with E-state index in [1.807, 2.05) is 26.0 Å². The fourth-order valence-electron chi connectivity index (χ4n) is 3.84. The van der Waals surface area contributed by atoms with Crippen LogP contribution in [0, 0.1) is 6.92 Å². The lowest BCUT2D eigenvalue weighted by atomic mass is 10.0. The number of rotatable bonds is 6. The van der Waals surface area contributed by atoms with E-state index in [2.05, 4.69) is 23.2 Å². The van der Waals surface area contributed by atoms with E-state index in [9.17, 15) is 9.59 Å². The quantitative estimate of drug-likeness (QED) is 0.790. The molecular weight excluding hydrogens is 330 g/mol. The van der Waals surface area contributed by atoms with Crippen molar-refractivity contribution in [3.8, 4) is 0 Å². The van der Waals surface area contributed by atoms with E-state index in [1.165, 1.54) is 5.57 Å². The molecule has 0 radical (unpaired) electrons. The van der Waals surface area contributed by atoms with Gasteiger partial charge < -0.3 is 14.6 Å². The van der Waals surface area contributed by atoms with Crippen molar-refractivity contribution in [1.82, 2.24) is 15.1 Å². The fraction of sp³-hybridized carbons (Fsp3) is 0.600. The Bertz CT molecular complexity index is 694. The van der Waals surface area contributed by atoms with Crippen LogP contribution in [0.5, 0.6) is 0 Å². The molecule has 2 aliphatic rings. The highest BCUT2D eigenvalue weighted by Crippen LogP contribution is 2.29. The third kappa shape index (κ3) is 4.36. The van der Waals surface area contributed by atoms with Gasteiger partial charge in [0.05, 0.1) is 18.5 Å². The molecule has 0 saturated carbocycles. The summed E-state index contributed by atoms with van der Waals surface area (Å²) in [6.07, 6.45) is 3.53. The lowest BCUT2D eigenvalue weighted by molar-refractivity contribution is -0.133. The van der Waals surface area contributed by atoms with Crippen LogP contribution in [0.25, 0.3) is 0 Å². The van der Waals surface area contributed by atoms with Crippen molar-refractivity contribution < 1.29 is 14.0 Å². The normalized spacial score (nSPS) is 24.5.